The smallest absolute Gasteiger partial charge is 0.323 e. The number of hydrogen-bond donors (Lipinski definition) is 2. The van der Waals surface area contributed by atoms with Gasteiger partial charge in [-0.05, 0) is 38.1 Å². The lowest BCUT2D eigenvalue weighted by Gasteiger charge is -2.39. The summed E-state index contributed by atoms with van der Waals surface area (Å²) in [6.45, 7) is 5.16. The average molecular weight is 199 g/mol. The summed E-state index contributed by atoms with van der Waals surface area (Å²) >= 11 is 0. The maximum absolute atomic E-state index is 11.0. The van der Waals surface area contributed by atoms with E-state index in [1.54, 1.807) is 0 Å². The van der Waals surface area contributed by atoms with Crippen LogP contribution in [-0.2, 0) is 4.79 Å². The van der Waals surface area contributed by atoms with Crippen molar-refractivity contribution in [3.05, 3.63) is 0 Å². The summed E-state index contributed by atoms with van der Waals surface area (Å²) in [6.07, 6.45) is 4.97. The van der Waals surface area contributed by atoms with Crippen molar-refractivity contribution in [1.29, 1.82) is 0 Å². The topological polar surface area (TPSA) is 49.3 Å². The van der Waals surface area contributed by atoms with Crippen molar-refractivity contribution in [2.24, 2.45) is 5.92 Å². The molecule has 0 aromatic heterocycles. The third-order valence-corrected chi connectivity index (χ3v) is 3.19. The van der Waals surface area contributed by atoms with E-state index < -0.39 is 11.5 Å². The van der Waals surface area contributed by atoms with Gasteiger partial charge < -0.3 is 10.4 Å². The number of nitrogens with one attached hydrogen (secondary N) is 1. The fourth-order valence-electron chi connectivity index (χ4n) is 1.96. The molecule has 0 saturated heterocycles. The summed E-state index contributed by atoms with van der Waals surface area (Å²) in [5, 5.41) is 12.3. The van der Waals surface area contributed by atoms with Crippen LogP contribution in [0.4, 0.5) is 0 Å². The van der Waals surface area contributed by atoms with E-state index >= 15 is 0 Å². The van der Waals surface area contributed by atoms with Crippen LogP contribution in [0.1, 0.15) is 46.0 Å². The largest absolute Gasteiger partial charge is 0.480 e. The zero-order valence-electron chi connectivity index (χ0n) is 9.18. The molecule has 0 radical (unpaired) electrons. The minimum absolute atomic E-state index is 0.580. The number of hydrogen-bond acceptors (Lipinski definition) is 2. The first kappa shape index (κ1) is 11.5. The zero-order chi connectivity index (χ0) is 10.6. The van der Waals surface area contributed by atoms with Crippen LogP contribution in [-0.4, -0.2) is 23.2 Å². The Labute approximate surface area is 85.9 Å². The third-order valence-electron chi connectivity index (χ3n) is 3.19. The van der Waals surface area contributed by atoms with Gasteiger partial charge in [-0.3, -0.25) is 4.79 Å². The van der Waals surface area contributed by atoms with Gasteiger partial charge in [0.25, 0.3) is 0 Å². The molecule has 2 N–H and O–H groups in total. The predicted octanol–water partition coefficient (Wildman–Crippen LogP) is 2.02. The lowest BCUT2D eigenvalue weighted by atomic mass is 9.76. The first-order valence-electron chi connectivity index (χ1n) is 5.59. The van der Waals surface area contributed by atoms with Crippen LogP contribution >= 0.6 is 0 Å². The Kier molecular flexibility index (Phi) is 3.93. The van der Waals surface area contributed by atoms with E-state index in [9.17, 15) is 4.79 Å². The fraction of sp³-hybridized carbons (Fsp3) is 0.909. The van der Waals surface area contributed by atoms with Crippen LogP contribution in [0.3, 0.4) is 0 Å². The molecule has 3 nitrogen and oxygen atoms in total. The minimum atomic E-state index is -0.674. The number of carbonyl (C=O) groups is 1. The molecular weight excluding hydrogens is 178 g/mol. The standard InChI is InChI=1S/C11H21NO2/c1-3-5-9(2)8-12-11(10(13)14)6-4-7-11/h9,12H,3-8H2,1-2H3,(H,13,14). The first-order valence-corrected chi connectivity index (χ1v) is 5.59. The van der Waals surface area contributed by atoms with Crippen molar-refractivity contribution < 1.29 is 9.90 Å². The molecule has 1 saturated carbocycles. The Bertz CT molecular complexity index is 199. The Morgan fingerprint density at radius 1 is 1.57 bits per heavy atom. The van der Waals surface area contributed by atoms with Crippen LogP contribution in [0.15, 0.2) is 0 Å². The number of rotatable bonds is 6. The molecule has 0 bridgehead atoms. The van der Waals surface area contributed by atoms with E-state index in [1.165, 1.54) is 12.8 Å². The maximum atomic E-state index is 11.0. The van der Waals surface area contributed by atoms with Gasteiger partial charge in [0, 0.05) is 0 Å². The number of carboxylic acid groups (broad SMARTS) is 1. The van der Waals surface area contributed by atoms with Crippen LogP contribution in [0.5, 0.6) is 0 Å². The van der Waals surface area contributed by atoms with Crippen molar-refractivity contribution in [2.45, 2.75) is 51.5 Å². The van der Waals surface area contributed by atoms with Gasteiger partial charge in [-0.1, -0.05) is 20.3 Å². The molecule has 0 aromatic rings. The molecule has 0 amide bonds. The van der Waals surface area contributed by atoms with Gasteiger partial charge in [0.05, 0.1) is 0 Å². The van der Waals surface area contributed by atoms with Gasteiger partial charge >= 0.3 is 5.97 Å². The van der Waals surface area contributed by atoms with Crippen molar-refractivity contribution in [2.75, 3.05) is 6.54 Å². The molecule has 1 unspecified atom stereocenters. The van der Waals surface area contributed by atoms with E-state index in [2.05, 4.69) is 19.2 Å². The lowest BCUT2D eigenvalue weighted by molar-refractivity contribution is -0.148. The van der Waals surface area contributed by atoms with Gasteiger partial charge in [0.1, 0.15) is 5.54 Å². The molecule has 14 heavy (non-hydrogen) atoms. The lowest BCUT2D eigenvalue weighted by Crippen LogP contribution is -2.58. The fourth-order valence-corrected chi connectivity index (χ4v) is 1.96. The summed E-state index contributed by atoms with van der Waals surface area (Å²) in [5.74, 6) is -0.0933. The normalized spacial score (nSPS) is 21.3. The average Bonchev–Trinajstić information content (AvgIpc) is 2.02. The van der Waals surface area contributed by atoms with Gasteiger partial charge in [-0.25, -0.2) is 0 Å². The van der Waals surface area contributed by atoms with Crippen molar-refractivity contribution in [3.8, 4) is 0 Å². The molecule has 1 aliphatic rings. The highest BCUT2D eigenvalue weighted by atomic mass is 16.4. The Morgan fingerprint density at radius 2 is 2.21 bits per heavy atom. The van der Waals surface area contributed by atoms with Gasteiger partial charge in [0.2, 0.25) is 0 Å². The second kappa shape index (κ2) is 4.78. The van der Waals surface area contributed by atoms with Gasteiger partial charge in [-0.2, -0.15) is 0 Å². The second-order valence-electron chi connectivity index (χ2n) is 4.52. The Morgan fingerprint density at radius 3 is 2.57 bits per heavy atom. The molecule has 0 spiro atoms. The molecule has 1 atom stereocenters. The monoisotopic (exact) mass is 199 g/mol. The summed E-state index contributed by atoms with van der Waals surface area (Å²) in [6, 6.07) is 0. The van der Waals surface area contributed by atoms with E-state index in [0.717, 1.165) is 25.8 Å². The highest BCUT2D eigenvalue weighted by Crippen LogP contribution is 2.32. The molecule has 1 aliphatic carbocycles. The zero-order valence-corrected chi connectivity index (χ0v) is 9.18. The van der Waals surface area contributed by atoms with Gasteiger partial charge in [0.15, 0.2) is 0 Å². The van der Waals surface area contributed by atoms with Gasteiger partial charge in [-0.15, -0.1) is 0 Å². The first-order chi connectivity index (χ1) is 6.60. The molecule has 82 valence electrons. The summed E-state index contributed by atoms with van der Waals surface area (Å²) in [5.41, 5.74) is -0.581. The quantitative estimate of drug-likeness (QED) is 0.688. The highest BCUT2D eigenvalue weighted by Gasteiger charge is 2.43. The SMILES string of the molecule is CCCC(C)CNC1(C(=O)O)CCC1. The molecule has 1 rings (SSSR count). The number of carboxylic acids is 1. The predicted molar refractivity (Wildman–Crippen MR) is 56.3 cm³/mol. The van der Waals surface area contributed by atoms with E-state index in [4.69, 9.17) is 5.11 Å². The number of aliphatic carboxylic acids is 1. The van der Waals surface area contributed by atoms with Crippen LogP contribution < -0.4 is 5.32 Å². The third kappa shape index (κ3) is 2.47. The minimum Gasteiger partial charge on any atom is -0.480 e. The summed E-state index contributed by atoms with van der Waals surface area (Å²) in [4.78, 5) is 11.0. The van der Waals surface area contributed by atoms with Crippen molar-refractivity contribution in [1.82, 2.24) is 5.32 Å². The maximum Gasteiger partial charge on any atom is 0.323 e. The Balaban J connectivity index is 2.31. The van der Waals surface area contributed by atoms with Crippen LogP contribution in [0.25, 0.3) is 0 Å². The summed E-state index contributed by atoms with van der Waals surface area (Å²) < 4.78 is 0. The molecule has 0 heterocycles. The highest BCUT2D eigenvalue weighted by molar-refractivity contribution is 5.79. The van der Waals surface area contributed by atoms with E-state index in [-0.39, 0.29) is 0 Å². The van der Waals surface area contributed by atoms with E-state index in [1.807, 2.05) is 0 Å². The second-order valence-corrected chi connectivity index (χ2v) is 4.52. The molecule has 0 aromatic carbocycles. The van der Waals surface area contributed by atoms with Crippen molar-refractivity contribution >= 4 is 5.97 Å². The molecule has 0 aliphatic heterocycles. The van der Waals surface area contributed by atoms with Crippen molar-refractivity contribution in [3.63, 3.8) is 0 Å². The molecule has 1 fully saturated rings. The summed E-state index contributed by atoms with van der Waals surface area (Å²) in [7, 11) is 0. The molecule has 3 heteroatoms. The Hall–Kier alpha value is -0.570. The molecular formula is C11H21NO2. The van der Waals surface area contributed by atoms with Crippen LogP contribution in [0, 0.1) is 5.92 Å². The van der Waals surface area contributed by atoms with Crippen LogP contribution in [0.2, 0.25) is 0 Å². The van der Waals surface area contributed by atoms with E-state index in [0.29, 0.717) is 5.92 Å².